The van der Waals surface area contributed by atoms with Crippen molar-refractivity contribution in [3.63, 3.8) is 0 Å². The zero-order valence-electron chi connectivity index (χ0n) is 14.0. The van der Waals surface area contributed by atoms with Gasteiger partial charge in [0.2, 0.25) is 11.8 Å². The Kier molecular flexibility index (Phi) is 5.98. The topological polar surface area (TPSA) is 61.9 Å². The molecule has 0 radical (unpaired) electrons. The molecule has 1 aliphatic heterocycles. The van der Waals surface area contributed by atoms with Crippen molar-refractivity contribution >= 4 is 17.5 Å². The molecule has 1 saturated heterocycles. The van der Waals surface area contributed by atoms with E-state index in [-0.39, 0.29) is 17.7 Å². The third-order valence-electron chi connectivity index (χ3n) is 3.93. The van der Waals surface area contributed by atoms with Crippen molar-refractivity contribution in [2.24, 2.45) is 5.92 Å². The number of para-hydroxylation sites is 2. The smallest absolute Gasteiger partial charge is 0.238 e. The second-order valence-corrected chi connectivity index (χ2v) is 6.00. The first-order valence-electron chi connectivity index (χ1n) is 7.95. The first-order valence-corrected chi connectivity index (χ1v) is 7.95. The van der Waals surface area contributed by atoms with Gasteiger partial charge in [-0.25, -0.2) is 0 Å². The van der Waals surface area contributed by atoms with Gasteiger partial charge in [0.25, 0.3) is 0 Å². The zero-order chi connectivity index (χ0) is 16.8. The summed E-state index contributed by atoms with van der Waals surface area (Å²) < 4.78 is 5.23. The molecule has 1 aromatic carbocycles. The third kappa shape index (κ3) is 4.69. The average molecular weight is 319 g/mol. The predicted octanol–water partition coefficient (Wildman–Crippen LogP) is 1.43. The van der Waals surface area contributed by atoms with Gasteiger partial charge in [-0.05, 0) is 12.1 Å². The van der Waals surface area contributed by atoms with Gasteiger partial charge in [-0.15, -0.1) is 0 Å². The fraction of sp³-hybridized carbons (Fsp3) is 0.529. The molecule has 1 heterocycles. The molecule has 0 spiro atoms. The standard InChI is InChI=1S/C17H25N3O3/c1-13(2)17(22)20-10-8-19(9-11-20)12-16(21)18-14-6-4-5-7-15(14)23-3/h4-7,13H,8-12H2,1-3H3,(H,18,21). The molecule has 2 rings (SSSR count). The number of amides is 2. The van der Waals surface area contributed by atoms with Gasteiger partial charge in [0.1, 0.15) is 5.75 Å². The molecule has 1 N–H and O–H groups in total. The molecule has 1 fully saturated rings. The second-order valence-electron chi connectivity index (χ2n) is 6.00. The molecule has 0 saturated carbocycles. The Morgan fingerprint density at radius 1 is 1.17 bits per heavy atom. The molecule has 1 aromatic rings. The fourth-order valence-corrected chi connectivity index (χ4v) is 2.63. The molecule has 126 valence electrons. The van der Waals surface area contributed by atoms with Crippen LogP contribution in [0.5, 0.6) is 5.75 Å². The lowest BCUT2D eigenvalue weighted by molar-refractivity contribution is -0.136. The molecular formula is C17H25N3O3. The number of ether oxygens (including phenoxy) is 1. The lowest BCUT2D eigenvalue weighted by atomic mass is 10.1. The molecule has 0 aliphatic carbocycles. The van der Waals surface area contributed by atoms with Crippen molar-refractivity contribution in [3.8, 4) is 5.75 Å². The maximum atomic E-state index is 12.2. The van der Waals surface area contributed by atoms with Gasteiger partial charge in [-0.1, -0.05) is 26.0 Å². The van der Waals surface area contributed by atoms with Crippen LogP contribution in [0.25, 0.3) is 0 Å². The quantitative estimate of drug-likeness (QED) is 0.892. The van der Waals surface area contributed by atoms with Crippen molar-refractivity contribution in [1.82, 2.24) is 9.80 Å². The Morgan fingerprint density at radius 2 is 1.83 bits per heavy atom. The molecule has 0 unspecified atom stereocenters. The summed E-state index contributed by atoms with van der Waals surface area (Å²) in [5, 5.41) is 2.87. The summed E-state index contributed by atoms with van der Waals surface area (Å²) >= 11 is 0. The van der Waals surface area contributed by atoms with Crippen LogP contribution in [0.15, 0.2) is 24.3 Å². The van der Waals surface area contributed by atoms with Crippen LogP contribution in [-0.4, -0.2) is 61.4 Å². The van der Waals surface area contributed by atoms with Gasteiger partial charge in [-0.2, -0.15) is 0 Å². The van der Waals surface area contributed by atoms with Crippen LogP contribution < -0.4 is 10.1 Å². The van der Waals surface area contributed by atoms with Gasteiger partial charge < -0.3 is 15.0 Å². The highest BCUT2D eigenvalue weighted by Gasteiger charge is 2.23. The van der Waals surface area contributed by atoms with E-state index < -0.39 is 0 Å². The van der Waals surface area contributed by atoms with Gasteiger partial charge in [-0.3, -0.25) is 14.5 Å². The number of hydrogen-bond acceptors (Lipinski definition) is 4. The number of nitrogens with zero attached hydrogens (tertiary/aromatic N) is 2. The van der Waals surface area contributed by atoms with E-state index in [4.69, 9.17) is 4.74 Å². The third-order valence-corrected chi connectivity index (χ3v) is 3.93. The number of piperazine rings is 1. The van der Waals surface area contributed by atoms with Crippen LogP contribution in [0, 0.1) is 5.92 Å². The van der Waals surface area contributed by atoms with E-state index in [2.05, 4.69) is 10.2 Å². The van der Waals surface area contributed by atoms with Gasteiger partial charge in [0.15, 0.2) is 0 Å². The lowest BCUT2D eigenvalue weighted by Gasteiger charge is -2.35. The number of anilines is 1. The molecule has 6 heteroatoms. The van der Waals surface area contributed by atoms with Crippen LogP contribution in [-0.2, 0) is 9.59 Å². The minimum Gasteiger partial charge on any atom is -0.495 e. The largest absolute Gasteiger partial charge is 0.495 e. The summed E-state index contributed by atoms with van der Waals surface area (Å²) in [4.78, 5) is 28.1. The summed E-state index contributed by atoms with van der Waals surface area (Å²) in [6, 6.07) is 7.34. The Balaban J connectivity index is 1.82. The number of methoxy groups -OCH3 is 1. The summed E-state index contributed by atoms with van der Waals surface area (Å²) in [5.74, 6) is 0.782. The Hall–Kier alpha value is -2.08. The van der Waals surface area contributed by atoms with E-state index in [0.717, 1.165) is 13.1 Å². The molecular weight excluding hydrogens is 294 g/mol. The minimum atomic E-state index is -0.0712. The molecule has 0 bridgehead atoms. The summed E-state index contributed by atoms with van der Waals surface area (Å²) in [6.07, 6.45) is 0. The number of carbonyl (C=O) groups excluding carboxylic acids is 2. The van der Waals surface area contributed by atoms with E-state index in [1.165, 1.54) is 0 Å². The molecule has 23 heavy (non-hydrogen) atoms. The maximum absolute atomic E-state index is 12.2. The van der Waals surface area contributed by atoms with Crippen molar-refractivity contribution in [2.75, 3.05) is 45.2 Å². The minimum absolute atomic E-state index is 0.0235. The molecule has 0 aromatic heterocycles. The highest BCUT2D eigenvalue weighted by atomic mass is 16.5. The normalized spacial score (nSPS) is 15.6. The first kappa shape index (κ1) is 17.3. The van der Waals surface area contributed by atoms with Gasteiger partial charge in [0.05, 0.1) is 19.3 Å². The molecule has 2 amide bonds. The van der Waals surface area contributed by atoms with E-state index in [9.17, 15) is 9.59 Å². The summed E-state index contributed by atoms with van der Waals surface area (Å²) in [7, 11) is 1.58. The highest BCUT2D eigenvalue weighted by molar-refractivity contribution is 5.93. The van der Waals surface area contributed by atoms with E-state index >= 15 is 0 Å². The second kappa shape index (κ2) is 7.97. The number of nitrogens with one attached hydrogen (secondary N) is 1. The SMILES string of the molecule is COc1ccccc1NC(=O)CN1CCN(C(=O)C(C)C)CC1. The first-order chi connectivity index (χ1) is 11.0. The van der Waals surface area contributed by atoms with Crippen molar-refractivity contribution in [1.29, 1.82) is 0 Å². The average Bonchev–Trinajstić information content (AvgIpc) is 2.55. The van der Waals surface area contributed by atoms with Crippen molar-refractivity contribution in [2.45, 2.75) is 13.8 Å². The highest BCUT2D eigenvalue weighted by Crippen LogP contribution is 2.22. The lowest BCUT2D eigenvalue weighted by Crippen LogP contribution is -2.51. The Morgan fingerprint density at radius 3 is 2.43 bits per heavy atom. The number of carbonyl (C=O) groups is 2. The zero-order valence-corrected chi connectivity index (χ0v) is 14.0. The Bertz CT molecular complexity index is 552. The van der Waals surface area contributed by atoms with Crippen LogP contribution >= 0.6 is 0 Å². The molecule has 6 nitrogen and oxygen atoms in total. The molecule has 0 atom stereocenters. The Labute approximate surface area is 137 Å². The van der Waals surface area contributed by atoms with Crippen LogP contribution in [0.1, 0.15) is 13.8 Å². The van der Waals surface area contributed by atoms with E-state index in [1.807, 2.05) is 43.0 Å². The number of benzene rings is 1. The predicted molar refractivity (Wildman–Crippen MR) is 89.5 cm³/mol. The van der Waals surface area contributed by atoms with E-state index in [1.54, 1.807) is 7.11 Å². The van der Waals surface area contributed by atoms with Crippen LogP contribution in [0.4, 0.5) is 5.69 Å². The van der Waals surface area contributed by atoms with Crippen LogP contribution in [0.2, 0.25) is 0 Å². The van der Waals surface area contributed by atoms with E-state index in [0.29, 0.717) is 31.1 Å². The van der Waals surface area contributed by atoms with Crippen LogP contribution in [0.3, 0.4) is 0 Å². The monoisotopic (exact) mass is 319 g/mol. The summed E-state index contributed by atoms with van der Waals surface area (Å²) in [5.41, 5.74) is 0.675. The van der Waals surface area contributed by atoms with Crippen molar-refractivity contribution < 1.29 is 14.3 Å². The maximum Gasteiger partial charge on any atom is 0.238 e. The van der Waals surface area contributed by atoms with Gasteiger partial charge in [0, 0.05) is 32.1 Å². The molecule has 1 aliphatic rings. The summed E-state index contributed by atoms with van der Waals surface area (Å²) in [6.45, 7) is 6.94. The number of rotatable bonds is 5. The van der Waals surface area contributed by atoms with Crippen molar-refractivity contribution in [3.05, 3.63) is 24.3 Å². The van der Waals surface area contributed by atoms with Gasteiger partial charge >= 0.3 is 0 Å². The number of hydrogen-bond donors (Lipinski definition) is 1. The fourth-order valence-electron chi connectivity index (χ4n) is 2.63.